The normalized spacial score (nSPS) is 13.1. The van der Waals surface area contributed by atoms with Gasteiger partial charge in [0.15, 0.2) is 5.96 Å². The van der Waals surface area contributed by atoms with Gasteiger partial charge in [0.2, 0.25) is 0 Å². The largest absolute Gasteiger partial charge is 0.356 e. The van der Waals surface area contributed by atoms with Crippen molar-refractivity contribution in [2.75, 3.05) is 34.2 Å². The molecule has 0 saturated carbocycles. The van der Waals surface area contributed by atoms with E-state index in [-0.39, 0.29) is 11.9 Å². The van der Waals surface area contributed by atoms with Crippen molar-refractivity contribution in [3.63, 3.8) is 0 Å². The van der Waals surface area contributed by atoms with Crippen molar-refractivity contribution >= 4 is 17.0 Å². The van der Waals surface area contributed by atoms with Crippen molar-refractivity contribution in [1.29, 1.82) is 0 Å². The summed E-state index contributed by atoms with van der Waals surface area (Å²) < 4.78 is 15.9. The number of para-hydroxylation sites is 2. The van der Waals surface area contributed by atoms with E-state index in [0.717, 1.165) is 42.4 Å². The standard InChI is InChI=1S/C23H31FN6/c1-17-28-20-11-5-6-12-21(20)30(17)14-8-13-26-23(25-2)27-16-22(29(3)4)18-9-7-10-19(24)15-18/h5-7,9-12,15,22H,8,13-14,16H2,1-4H3,(H2,25,26,27). The molecule has 0 fully saturated rings. The molecule has 160 valence electrons. The van der Waals surface area contributed by atoms with Gasteiger partial charge in [0, 0.05) is 26.7 Å². The molecule has 0 radical (unpaired) electrons. The first-order chi connectivity index (χ1) is 14.5. The lowest BCUT2D eigenvalue weighted by Crippen LogP contribution is -2.42. The van der Waals surface area contributed by atoms with Crippen LogP contribution in [-0.4, -0.2) is 54.6 Å². The monoisotopic (exact) mass is 410 g/mol. The number of aliphatic imine (C=N–C) groups is 1. The lowest BCUT2D eigenvalue weighted by atomic mass is 10.1. The van der Waals surface area contributed by atoms with Crippen molar-refractivity contribution in [1.82, 2.24) is 25.1 Å². The Morgan fingerprint density at radius 1 is 1.17 bits per heavy atom. The number of hydrogen-bond donors (Lipinski definition) is 2. The second kappa shape index (κ2) is 10.2. The van der Waals surface area contributed by atoms with Crippen molar-refractivity contribution in [3.05, 3.63) is 65.7 Å². The molecular formula is C23H31FN6. The first-order valence-electron chi connectivity index (χ1n) is 10.3. The molecule has 0 amide bonds. The lowest BCUT2D eigenvalue weighted by Gasteiger charge is -2.26. The number of halogens is 1. The minimum atomic E-state index is -0.218. The second-order valence-electron chi connectivity index (χ2n) is 7.57. The van der Waals surface area contributed by atoms with Crippen molar-refractivity contribution in [2.24, 2.45) is 4.99 Å². The number of imidazole rings is 1. The zero-order valence-electron chi connectivity index (χ0n) is 18.2. The van der Waals surface area contributed by atoms with Crippen molar-refractivity contribution in [2.45, 2.75) is 25.9 Å². The number of fused-ring (bicyclic) bond motifs is 1. The summed E-state index contributed by atoms with van der Waals surface area (Å²) in [5.41, 5.74) is 3.14. The van der Waals surface area contributed by atoms with E-state index in [2.05, 4.69) is 36.1 Å². The Morgan fingerprint density at radius 2 is 1.97 bits per heavy atom. The van der Waals surface area contributed by atoms with Gasteiger partial charge in [-0.05, 0) is 57.3 Å². The molecule has 2 aromatic carbocycles. The highest BCUT2D eigenvalue weighted by Crippen LogP contribution is 2.18. The van der Waals surface area contributed by atoms with Gasteiger partial charge in [0.1, 0.15) is 11.6 Å². The van der Waals surface area contributed by atoms with Crippen LogP contribution in [0.1, 0.15) is 23.9 Å². The number of nitrogens with zero attached hydrogens (tertiary/aromatic N) is 4. The molecule has 1 atom stereocenters. The first kappa shape index (κ1) is 21.8. The highest BCUT2D eigenvalue weighted by Gasteiger charge is 2.15. The zero-order chi connectivity index (χ0) is 21.5. The molecule has 1 aromatic heterocycles. The number of aryl methyl sites for hydroxylation is 2. The molecule has 30 heavy (non-hydrogen) atoms. The maximum absolute atomic E-state index is 13.6. The number of nitrogens with one attached hydrogen (secondary N) is 2. The van der Waals surface area contributed by atoms with Gasteiger partial charge in [-0.1, -0.05) is 24.3 Å². The molecule has 2 N–H and O–H groups in total. The fraction of sp³-hybridized carbons (Fsp3) is 0.391. The molecule has 0 spiro atoms. The van der Waals surface area contributed by atoms with Crippen LogP contribution in [0.25, 0.3) is 11.0 Å². The molecule has 3 rings (SSSR count). The van der Waals surface area contributed by atoms with Crippen LogP contribution in [-0.2, 0) is 6.54 Å². The van der Waals surface area contributed by atoms with Crippen LogP contribution in [0.15, 0.2) is 53.5 Å². The number of guanidine groups is 1. The molecule has 1 heterocycles. The van der Waals surface area contributed by atoms with E-state index in [1.165, 1.54) is 11.6 Å². The summed E-state index contributed by atoms with van der Waals surface area (Å²) in [7, 11) is 5.74. The minimum Gasteiger partial charge on any atom is -0.356 e. The van der Waals surface area contributed by atoms with Crippen LogP contribution >= 0.6 is 0 Å². The lowest BCUT2D eigenvalue weighted by molar-refractivity contribution is 0.297. The Kier molecular flexibility index (Phi) is 7.41. The van der Waals surface area contributed by atoms with Crippen molar-refractivity contribution < 1.29 is 4.39 Å². The van der Waals surface area contributed by atoms with E-state index in [1.807, 2.05) is 45.3 Å². The van der Waals surface area contributed by atoms with Crippen LogP contribution < -0.4 is 10.6 Å². The molecular weight excluding hydrogens is 379 g/mol. The third-order valence-corrected chi connectivity index (χ3v) is 5.24. The summed E-state index contributed by atoms with van der Waals surface area (Å²) in [4.78, 5) is 11.0. The van der Waals surface area contributed by atoms with Gasteiger partial charge >= 0.3 is 0 Å². The van der Waals surface area contributed by atoms with Gasteiger partial charge in [0.05, 0.1) is 17.1 Å². The molecule has 0 bridgehead atoms. The Morgan fingerprint density at radius 3 is 2.70 bits per heavy atom. The van der Waals surface area contributed by atoms with Gasteiger partial charge in [-0.25, -0.2) is 9.37 Å². The molecule has 0 aliphatic carbocycles. The molecule has 0 aliphatic rings. The van der Waals surface area contributed by atoms with E-state index in [9.17, 15) is 4.39 Å². The van der Waals surface area contributed by atoms with Gasteiger partial charge in [0.25, 0.3) is 0 Å². The number of hydrogen-bond acceptors (Lipinski definition) is 3. The third kappa shape index (κ3) is 5.36. The summed E-state index contributed by atoms with van der Waals surface area (Å²) in [6.45, 7) is 4.35. The van der Waals surface area contributed by atoms with E-state index in [0.29, 0.717) is 6.54 Å². The third-order valence-electron chi connectivity index (χ3n) is 5.24. The number of benzene rings is 2. The molecule has 7 heteroatoms. The maximum Gasteiger partial charge on any atom is 0.191 e. The molecule has 3 aromatic rings. The van der Waals surface area contributed by atoms with E-state index >= 15 is 0 Å². The molecule has 6 nitrogen and oxygen atoms in total. The summed E-state index contributed by atoms with van der Waals surface area (Å²) in [6.07, 6.45) is 0.947. The average Bonchev–Trinajstić information content (AvgIpc) is 3.04. The smallest absolute Gasteiger partial charge is 0.191 e. The Bertz CT molecular complexity index is 994. The molecule has 1 unspecified atom stereocenters. The van der Waals surface area contributed by atoms with Crippen molar-refractivity contribution in [3.8, 4) is 0 Å². The van der Waals surface area contributed by atoms with Gasteiger partial charge in [-0.3, -0.25) is 4.99 Å². The highest BCUT2D eigenvalue weighted by atomic mass is 19.1. The summed E-state index contributed by atoms with van der Waals surface area (Å²) in [5.74, 6) is 1.55. The zero-order valence-corrected chi connectivity index (χ0v) is 18.2. The molecule has 0 saturated heterocycles. The first-order valence-corrected chi connectivity index (χ1v) is 10.3. The number of aromatic nitrogens is 2. The minimum absolute atomic E-state index is 0.0409. The average molecular weight is 411 g/mol. The predicted molar refractivity (Wildman–Crippen MR) is 121 cm³/mol. The van der Waals surface area contributed by atoms with Crippen LogP contribution in [0.2, 0.25) is 0 Å². The highest BCUT2D eigenvalue weighted by molar-refractivity contribution is 5.79. The summed E-state index contributed by atoms with van der Waals surface area (Å²) in [6, 6.07) is 15.0. The number of likely N-dealkylation sites (N-methyl/N-ethyl adjacent to an activating group) is 1. The van der Waals surface area contributed by atoms with Gasteiger partial charge in [-0.15, -0.1) is 0 Å². The predicted octanol–water partition coefficient (Wildman–Crippen LogP) is 3.34. The van der Waals surface area contributed by atoms with E-state index in [4.69, 9.17) is 0 Å². The van der Waals surface area contributed by atoms with Crippen LogP contribution in [0.5, 0.6) is 0 Å². The number of rotatable bonds is 8. The summed E-state index contributed by atoms with van der Waals surface area (Å²) >= 11 is 0. The maximum atomic E-state index is 13.6. The Labute approximate surface area is 177 Å². The van der Waals surface area contributed by atoms with Gasteiger partial charge in [-0.2, -0.15) is 0 Å². The fourth-order valence-corrected chi connectivity index (χ4v) is 3.65. The van der Waals surface area contributed by atoms with Gasteiger partial charge < -0.3 is 20.1 Å². The fourth-order valence-electron chi connectivity index (χ4n) is 3.65. The second-order valence-corrected chi connectivity index (χ2v) is 7.57. The SMILES string of the molecule is CN=C(NCCCn1c(C)nc2ccccc21)NCC(c1cccc(F)c1)N(C)C. The van der Waals surface area contributed by atoms with E-state index < -0.39 is 0 Å². The molecule has 0 aliphatic heterocycles. The van der Waals surface area contributed by atoms with Crippen LogP contribution in [0.3, 0.4) is 0 Å². The van der Waals surface area contributed by atoms with E-state index in [1.54, 1.807) is 19.2 Å². The van der Waals surface area contributed by atoms with Crippen LogP contribution in [0.4, 0.5) is 4.39 Å². The Hall–Kier alpha value is -2.93. The summed E-state index contributed by atoms with van der Waals surface area (Å²) in [5, 5.41) is 6.73. The quantitative estimate of drug-likeness (QED) is 0.340. The topological polar surface area (TPSA) is 57.5 Å². The van der Waals surface area contributed by atoms with Crippen LogP contribution in [0, 0.1) is 12.7 Å². The Balaban J connectivity index is 1.51.